The Morgan fingerprint density at radius 2 is 1.96 bits per heavy atom. The molecule has 1 aromatic carbocycles. The van der Waals surface area contributed by atoms with Crippen LogP contribution in [0.4, 0.5) is 4.39 Å². The molecule has 0 aliphatic carbocycles. The molecule has 7 heteroatoms. The van der Waals surface area contributed by atoms with Gasteiger partial charge in [0.05, 0.1) is 6.04 Å². The van der Waals surface area contributed by atoms with Crippen LogP contribution in [-0.4, -0.2) is 31.5 Å². The van der Waals surface area contributed by atoms with Crippen molar-refractivity contribution in [3.05, 3.63) is 35.1 Å². The molecule has 2 atom stereocenters. The third-order valence-electron chi connectivity index (χ3n) is 3.94. The number of halogens is 2. The fourth-order valence-corrected chi connectivity index (χ4v) is 2.10. The lowest BCUT2D eigenvalue weighted by Crippen LogP contribution is -2.41. The summed E-state index contributed by atoms with van der Waals surface area (Å²) >= 11 is 0. The summed E-state index contributed by atoms with van der Waals surface area (Å²) in [6.45, 7) is 8.17. The number of guanidine groups is 1. The number of carbonyl (C=O) groups excluding carboxylic acids is 1. The molecule has 0 saturated carbocycles. The molecule has 0 radical (unpaired) electrons. The summed E-state index contributed by atoms with van der Waals surface area (Å²) in [5.74, 6) is 0.381. The number of nitrogens with one attached hydrogen (secondary N) is 3. The first-order valence-electron chi connectivity index (χ1n) is 8.40. The van der Waals surface area contributed by atoms with Crippen LogP contribution in [0.1, 0.15) is 50.8 Å². The average molecular weight is 464 g/mol. The Bertz CT molecular complexity index is 580. The van der Waals surface area contributed by atoms with E-state index >= 15 is 0 Å². The standard InChI is InChI=1S/C18H29FN4O.HI/c1-6-13(3)22-17(24)9-10-21-18(20-5)23-14(4)15-8-7-12(2)16(19)11-15;/h7-8,11,13-14H,6,9-10H2,1-5H3,(H,22,24)(H2,20,21,23);1H. The van der Waals surface area contributed by atoms with Crippen molar-refractivity contribution in [2.24, 2.45) is 4.99 Å². The molecule has 0 bridgehead atoms. The minimum atomic E-state index is -0.217. The Kier molecular flexibility index (Phi) is 11.4. The third-order valence-corrected chi connectivity index (χ3v) is 3.94. The molecule has 142 valence electrons. The van der Waals surface area contributed by atoms with Crippen LogP contribution in [0.5, 0.6) is 0 Å². The molecule has 1 amide bonds. The van der Waals surface area contributed by atoms with Crippen molar-refractivity contribution in [2.45, 2.75) is 52.6 Å². The van der Waals surface area contributed by atoms with Crippen LogP contribution in [0, 0.1) is 12.7 Å². The van der Waals surface area contributed by atoms with Crippen molar-refractivity contribution in [3.8, 4) is 0 Å². The van der Waals surface area contributed by atoms with Crippen LogP contribution < -0.4 is 16.0 Å². The first kappa shape index (κ1) is 23.6. The summed E-state index contributed by atoms with van der Waals surface area (Å²) in [5, 5.41) is 9.22. The van der Waals surface area contributed by atoms with Gasteiger partial charge in [0.15, 0.2) is 5.96 Å². The fraction of sp³-hybridized carbons (Fsp3) is 0.556. The zero-order chi connectivity index (χ0) is 18.1. The monoisotopic (exact) mass is 464 g/mol. The Labute approximate surface area is 167 Å². The van der Waals surface area contributed by atoms with E-state index in [1.165, 1.54) is 6.07 Å². The first-order valence-corrected chi connectivity index (χ1v) is 8.40. The van der Waals surface area contributed by atoms with Gasteiger partial charge in [0.1, 0.15) is 5.82 Å². The summed E-state index contributed by atoms with van der Waals surface area (Å²) in [4.78, 5) is 15.9. The number of nitrogens with zero attached hydrogens (tertiary/aromatic N) is 1. The molecule has 0 heterocycles. The quantitative estimate of drug-likeness (QED) is 0.330. The van der Waals surface area contributed by atoms with Gasteiger partial charge < -0.3 is 16.0 Å². The summed E-state index contributed by atoms with van der Waals surface area (Å²) in [6.07, 6.45) is 1.28. The van der Waals surface area contributed by atoms with Crippen LogP contribution in [0.25, 0.3) is 0 Å². The maximum absolute atomic E-state index is 13.7. The number of carbonyl (C=O) groups is 1. The topological polar surface area (TPSA) is 65.5 Å². The van der Waals surface area contributed by atoms with E-state index in [0.717, 1.165) is 12.0 Å². The van der Waals surface area contributed by atoms with E-state index in [9.17, 15) is 9.18 Å². The van der Waals surface area contributed by atoms with E-state index in [-0.39, 0.29) is 47.8 Å². The average Bonchev–Trinajstić information content (AvgIpc) is 2.55. The molecule has 0 aliphatic rings. The highest BCUT2D eigenvalue weighted by Crippen LogP contribution is 2.16. The van der Waals surface area contributed by atoms with Crippen LogP contribution in [0.15, 0.2) is 23.2 Å². The highest BCUT2D eigenvalue weighted by Gasteiger charge is 2.10. The number of aryl methyl sites for hydroxylation is 1. The Balaban J connectivity index is 0.00000576. The minimum Gasteiger partial charge on any atom is -0.356 e. The fourth-order valence-electron chi connectivity index (χ4n) is 2.10. The summed E-state index contributed by atoms with van der Waals surface area (Å²) < 4.78 is 13.7. The van der Waals surface area contributed by atoms with Gasteiger partial charge in [0.25, 0.3) is 0 Å². The Morgan fingerprint density at radius 1 is 1.28 bits per heavy atom. The zero-order valence-electron chi connectivity index (χ0n) is 15.6. The van der Waals surface area contributed by atoms with Crippen molar-refractivity contribution in [3.63, 3.8) is 0 Å². The number of rotatable bonds is 7. The number of aliphatic imine (C=N–C) groups is 1. The predicted molar refractivity (Wildman–Crippen MR) is 112 cm³/mol. The minimum absolute atomic E-state index is 0. The second kappa shape index (κ2) is 12.1. The molecule has 1 aromatic rings. The van der Waals surface area contributed by atoms with Crippen LogP contribution >= 0.6 is 24.0 Å². The van der Waals surface area contributed by atoms with E-state index in [2.05, 4.69) is 20.9 Å². The number of hydrogen-bond donors (Lipinski definition) is 3. The lowest BCUT2D eigenvalue weighted by molar-refractivity contribution is -0.121. The first-order chi connectivity index (χ1) is 11.4. The van der Waals surface area contributed by atoms with Gasteiger partial charge in [0.2, 0.25) is 5.91 Å². The molecule has 0 saturated heterocycles. The second-order valence-corrected chi connectivity index (χ2v) is 6.00. The van der Waals surface area contributed by atoms with Gasteiger partial charge in [-0.15, -0.1) is 24.0 Å². The lowest BCUT2D eigenvalue weighted by Gasteiger charge is -2.19. The smallest absolute Gasteiger partial charge is 0.221 e. The molecule has 3 N–H and O–H groups in total. The van der Waals surface area contributed by atoms with Gasteiger partial charge in [0, 0.05) is 26.1 Å². The van der Waals surface area contributed by atoms with Crippen molar-refractivity contribution in [1.82, 2.24) is 16.0 Å². The molecule has 2 unspecified atom stereocenters. The number of benzene rings is 1. The SMILES string of the molecule is CCC(C)NC(=O)CCNC(=NC)NC(C)c1ccc(C)c(F)c1.I. The molecule has 25 heavy (non-hydrogen) atoms. The molecule has 0 fully saturated rings. The maximum Gasteiger partial charge on any atom is 0.221 e. The van der Waals surface area contributed by atoms with E-state index in [4.69, 9.17) is 0 Å². The van der Waals surface area contributed by atoms with E-state index in [1.807, 2.05) is 26.8 Å². The van der Waals surface area contributed by atoms with Gasteiger partial charge in [-0.3, -0.25) is 9.79 Å². The largest absolute Gasteiger partial charge is 0.356 e. The highest BCUT2D eigenvalue weighted by molar-refractivity contribution is 14.0. The second-order valence-electron chi connectivity index (χ2n) is 6.00. The molecular formula is C18H30FIN4O. The normalized spacial score (nSPS) is 13.4. The molecule has 0 aromatic heterocycles. The lowest BCUT2D eigenvalue weighted by atomic mass is 10.1. The summed E-state index contributed by atoms with van der Waals surface area (Å²) in [5.41, 5.74) is 1.47. The van der Waals surface area contributed by atoms with Crippen LogP contribution in [0.3, 0.4) is 0 Å². The van der Waals surface area contributed by atoms with Crippen LogP contribution in [0.2, 0.25) is 0 Å². The predicted octanol–water partition coefficient (Wildman–Crippen LogP) is 3.28. The van der Waals surface area contributed by atoms with Crippen molar-refractivity contribution in [1.29, 1.82) is 0 Å². The van der Waals surface area contributed by atoms with E-state index < -0.39 is 0 Å². The van der Waals surface area contributed by atoms with Gasteiger partial charge in [-0.25, -0.2) is 4.39 Å². The maximum atomic E-state index is 13.7. The van der Waals surface area contributed by atoms with Crippen LogP contribution in [-0.2, 0) is 4.79 Å². The van der Waals surface area contributed by atoms with Crippen molar-refractivity contribution >= 4 is 35.8 Å². The van der Waals surface area contributed by atoms with E-state index in [0.29, 0.717) is 24.5 Å². The van der Waals surface area contributed by atoms with Gasteiger partial charge in [-0.1, -0.05) is 19.1 Å². The molecular weight excluding hydrogens is 434 g/mol. The molecule has 5 nitrogen and oxygen atoms in total. The van der Waals surface area contributed by atoms with Gasteiger partial charge in [-0.2, -0.15) is 0 Å². The van der Waals surface area contributed by atoms with E-state index in [1.54, 1.807) is 20.0 Å². The Hall–Kier alpha value is -1.38. The summed E-state index contributed by atoms with van der Waals surface area (Å²) in [7, 11) is 1.66. The zero-order valence-corrected chi connectivity index (χ0v) is 18.0. The van der Waals surface area contributed by atoms with Gasteiger partial charge >= 0.3 is 0 Å². The number of hydrogen-bond acceptors (Lipinski definition) is 2. The third kappa shape index (κ3) is 8.51. The Morgan fingerprint density at radius 3 is 2.52 bits per heavy atom. The molecule has 0 spiro atoms. The van der Waals surface area contributed by atoms with Crippen molar-refractivity contribution < 1.29 is 9.18 Å². The highest BCUT2D eigenvalue weighted by atomic mass is 127. The van der Waals surface area contributed by atoms with Gasteiger partial charge in [-0.05, 0) is 44.4 Å². The van der Waals surface area contributed by atoms with Crippen molar-refractivity contribution in [2.75, 3.05) is 13.6 Å². The molecule has 0 aliphatic heterocycles. The summed E-state index contributed by atoms with van der Waals surface area (Å²) in [6, 6.07) is 5.27. The molecule has 1 rings (SSSR count). The number of amides is 1.